The summed E-state index contributed by atoms with van der Waals surface area (Å²) in [5.74, 6) is 0.118. The molecule has 0 spiro atoms. The first kappa shape index (κ1) is 17.4. The summed E-state index contributed by atoms with van der Waals surface area (Å²) in [5, 5.41) is 2.93. The Bertz CT molecular complexity index is 285. The molecule has 0 aromatic carbocycles. The van der Waals surface area contributed by atoms with Crippen LogP contribution < -0.4 is 11.1 Å². The van der Waals surface area contributed by atoms with Crippen molar-refractivity contribution in [3.05, 3.63) is 0 Å². The summed E-state index contributed by atoms with van der Waals surface area (Å²) >= 11 is 0. The van der Waals surface area contributed by atoms with Gasteiger partial charge >= 0.3 is 0 Å². The molecule has 0 aromatic rings. The van der Waals surface area contributed by atoms with E-state index in [2.05, 4.69) is 36.0 Å². The molecule has 2 atom stereocenters. The van der Waals surface area contributed by atoms with E-state index in [0.717, 1.165) is 26.1 Å². The van der Waals surface area contributed by atoms with Crippen molar-refractivity contribution in [1.29, 1.82) is 0 Å². The van der Waals surface area contributed by atoms with Crippen molar-refractivity contribution in [2.45, 2.75) is 51.6 Å². The molecule has 0 radical (unpaired) electrons. The fourth-order valence-corrected chi connectivity index (χ4v) is 2.97. The quantitative estimate of drug-likeness (QED) is 0.652. The van der Waals surface area contributed by atoms with E-state index in [0.29, 0.717) is 19.0 Å². The maximum absolute atomic E-state index is 11.8. The first-order chi connectivity index (χ1) is 9.62. The number of nitrogens with zero attached hydrogens (tertiary/aromatic N) is 2. The van der Waals surface area contributed by atoms with Crippen molar-refractivity contribution in [2.24, 2.45) is 5.73 Å². The first-order valence-electron chi connectivity index (χ1n) is 8.03. The number of hydrogen-bond donors (Lipinski definition) is 2. The lowest BCUT2D eigenvalue weighted by molar-refractivity contribution is -0.122. The van der Waals surface area contributed by atoms with Crippen LogP contribution in [-0.2, 0) is 4.79 Å². The smallest absolute Gasteiger partial charge is 0.221 e. The molecule has 1 fully saturated rings. The van der Waals surface area contributed by atoms with Crippen LogP contribution in [0.15, 0.2) is 0 Å². The standard InChI is InChI=1S/C15H32N4O/c1-4-8-17-15(20)10-14(11-16)18(3)12-13-7-6-9-19(13)5-2/h13-14H,4-12,16H2,1-3H3,(H,17,20). The summed E-state index contributed by atoms with van der Waals surface area (Å²) < 4.78 is 0. The van der Waals surface area contributed by atoms with E-state index in [-0.39, 0.29) is 11.9 Å². The fraction of sp³-hybridized carbons (Fsp3) is 0.933. The van der Waals surface area contributed by atoms with Crippen molar-refractivity contribution < 1.29 is 4.79 Å². The summed E-state index contributed by atoms with van der Waals surface area (Å²) in [6, 6.07) is 0.768. The minimum atomic E-state index is 0.118. The Morgan fingerprint density at radius 1 is 1.50 bits per heavy atom. The predicted octanol–water partition coefficient (Wildman–Crippen LogP) is 0.646. The second-order valence-corrected chi connectivity index (χ2v) is 5.81. The van der Waals surface area contributed by atoms with Gasteiger partial charge in [-0.25, -0.2) is 0 Å². The number of hydrogen-bond acceptors (Lipinski definition) is 4. The lowest BCUT2D eigenvalue weighted by Gasteiger charge is -2.32. The molecule has 0 saturated carbocycles. The molecule has 2 unspecified atom stereocenters. The van der Waals surface area contributed by atoms with Gasteiger partial charge in [-0.1, -0.05) is 13.8 Å². The van der Waals surface area contributed by atoms with Gasteiger partial charge in [-0.15, -0.1) is 0 Å². The third kappa shape index (κ3) is 5.38. The van der Waals surface area contributed by atoms with Gasteiger partial charge in [0.25, 0.3) is 0 Å². The second kappa shape index (κ2) is 9.32. The molecule has 1 rings (SSSR count). The average Bonchev–Trinajstić information content (AvgIpc) is 2.89. The molecule has 5 heteroatoms. The highest BCUT2D eigenvalue weighted by atomic mass is 16.1. The van der Waals surface area contributed by atoms with Gasteiger partial charge in [0, 0.05) is 38.1 Å². The summed E-state index contributed by atoms with van der Waals surface area (Å²) in [6.07, 6.45) is 4.03. The molecular formula is C15H32N4O. The monoisotopic (exact) mass is 284 g/mol. The second-order valence-electron chi connectivity index (χ2n) is 5.81. The maximum atomic E-state index is 11.8. The topological polar surface area (TPSA) is 61.6 Å². The molecule has 1 saturated heterocycles. The highest BCUT2D eigenvalue weighted by Crippen LogP contribution is 2.18. The van der Waals surface area contributed by atoms with Crippen LogP contribution >= 0.6 is 0 Å². The highest BCUT2D eigenvalue weighted by Gasteiger charge is 2.26. The van der Waals surface area contributed by atoms with Crippen molar-refractivity contribution >= 4 is 5.91 Å². The number of likely N-dealkylation sites (N-methyl/N-ethyl adjacent to an activating group) is 2. The Balaban J connectivity index is 2.41. The molecular weight excluding hydrogens is 252 g/mol. The average molecular weight is 284 g/mol. The third-order valence-corrected chi connectivity index (χ3v) is 4.29. The van der Waals surface area contributed by atoms with E-state index in [1.165, 1.54) is 19.4 Å². The van der Waals surface area contributed by atoms with Crippen molar-refractivity contribution in [3.8, 4) is 0 Å². The summed E-state index contributed by atoms with van der Waals surface area (Å²) in [5.41, 5.74) is 5.86. The zero-order valence-electron chi connectivity index (χ0n) is 13.4. The SMILES string of the molecule is CCCNC(=O)CC(CN)N(C)CC1CCCN1CC. The van der Waals surface area contributed by atoms with E-state index in [1.54, 1.807) is 0 Å². The van der Waals surface area contributed by atoms with E-state index in [1.807, 2.05) is 0 Å². The molecule has 1 aliphatic rings. The van der Waals surface area contributed by atoms with Gasteiger partial charge < -0.3 is 16.0 Å². The maximum Gasteiger partial charge on any atom is 0.221 e. The van der Waals surface area contributed by atoms with Gasteiger partial charge in [0.15, 0.2) is 0 Å². The molecule has 0 aromatic heterocycles. The van der Waals surface area contributed by atoms with E-state index >= 15 is 0 Å². The Kier molecular flexibility index (Phi) is 8.11. The number of nitrogens with two attached hydrogens (primary N) is 1. The molecule has 1 aliphatic heterocycles. The van der Waals surface area contributed by atoms with Crippen molar-refractivity contribution in [1.82, 2.24) is 15.1 Å². The van der Waals surface area contributed by atoms with E-state index in [9.17, 15) is 4.79 Å². The van der Waals surface area contributed by atoms with Crippen molar-refractivity contribution in [3.63, 3.8) is 0 Å². The molecule has 3 N–H and O–H groups in total. The van der Waals surface area contributed by atoms with Gasteiger partial charge in [0.1, 0.15) is 0 Å². The Labute approximate surface area is 123 Å². The molecule has 5 nitrogen and oxygen atoms in total. The lowest BCUT2D eigenvalue weighted by atomic mass is 10.1. The van der Waals surface area contributed by atoms with Gasteiger partial charge in [0.05, 0.1) is 0 Å². The van der Waals surface area contributed by atoms with Crippen LogP contribution in [-0.4, -0.2) is 67.6 Å². The largest absolute Gasteiger partial charge is 0.356 e. The van der Waals surface area contributed by atoms with Crippen LogP contribution in [0.2, 0.25) is 0 Å². The number of carbonyl (C=O) groups excluding carboxylic acids is 1. The van der Waals surface area contributed by atoms with Crippen LogP contribution in [0.1, 0.15) is 39.5 Å². The minimum absolute atomic E-state index is 0.118. The summed E-state index contributed by atoms with van der Waals surface area (Å²) in [4.78, 5) is 16.6. The Hall–Kier alpha value is -0.650. The Morgan fingerprint density at radius 3 is 2.85 bits per heavy atom. The van der Waals surface area contributed by atoms with E-state index in [4.69, 9.17) is 5.73 Å². The molecule has 0 aliphatic carbocycles. The summed E-state index contributed by atoms with van der Waals surface area (Å²) in [6.45, 7) is 8.91. The van der Waals surface area contributed by atoms with E-state index < -0.39 is 0 Å². The van der Waals surface area contributed by atoms with Gasteiger partial charge in [-0.3, -0.25) is 9.69 Å². The van der Waals surface area contributed by atoms with Crippen LogP contribution in [0.5, 0.6) is 0 Å². The first-order valence-corrected chi connectivity index (χ1v) is 8.03. The van der Waals surface area contributed by atoms with Crippen molar-refractivity contribution in [2.75, 3.05) is 39.8 Å². The molecule has 118 valence electrons. The zero-order chi connectivity index (χ0) is 15.0. The third-order valence-electron chi connectivity index (χ3n) is 4.29. The normalized spacial score (nSPS) is 21.4. The van der Waals surface area contributed by atoms with Crippen LogP contribution in [0.4, 0.5) is 0 Å². The summed E-state index contributed by atoms with van der Waals surface area (Å²) in [7, 11) is 2.09. The van der Waals surface area contributed by atoms with Crippen LogP contribution in [0, 0.1) is 0 Å². The molecule has 1 amide bonds. The number of nitrogens with one attached hydrogen (secondary N) is 1. The van der Waals surface area contributed by atoms with Gasteiger partial charge in [-0.05, 0) is 39.4 Å². The number of rotatable bonds is 9. The van der Waals surface area contributed by atoms with Gasteiger partial charge in [0.2, 0.25) is 5.91 Å². The highest BCUT2D eigenvalue weighted by molar-refractivity contribution is 5.76. The predicted molar refractivity (Wildman–Crippen MR) is 83.7 cm³/mol. The zero-order valence-corrected chi connectivity index (χ0v) is 13.4. The number of amides is 1. The molecule has 20 heavy (non-hydrogen) atoms. The Morgan fingerprint density at radius 2 is 2.25 bits per heavy atom. The lowest BCUT2D eigenvalue weighted by Crippen LogP contribution is -2.47. The molecule has 0 bridgehead atoms. The van der Waals surface area contributed by atoms with Crippen LogP contribution in [0.25, 0.3) is 0 Å². The van der Waals surface area contributed by atoms with Crippen LogP contribution in [0.3, 0.4) is 0 Å². The van der Waals surface area contributed by atoms with Gasteiger partial charge in [-0.2, -0.15) is 0 Å². The number of likely N-dealkylation sites (tertiary alicyclic amines) is 1. The number of carbonyl (C=O) groups is 1. The fourth-order valence-electron chi connectivity index (χ4n) is 2.97. The molecule has 1 heterocycles. The minimum Gasteiger partial charge on any atom is -0.356 e.